The number of carboxylic acid groups (broad SMARTS) is 1. The van der Waals surface area contributed by atoms with Crippen molar-refractivity contribution in [1.82, 2.24) is 0 Å². The van der Waals surface area contributed by atoms with Gasteiger partial charge in [-0.3, -0.25) is 23.4 Å². The molecule has 0 heterocycles. The summed E-state index contributed by atoms with van der Waals surface area (Å²) in [6, 6.07) is -1.55. The van der Waals surface area contributed by atoms with Crippen LogP contribution in [0.4, 0.5) is 0 Å². The molecule has 0 rings (SSSR count). The van der Waals surface area contributed by atoms with Crippen molar-refractivity contribution in [1.29, 1.82) is 0 Å². The molecule has 0 saturated carbocycles. The molecule has 0 spiro atoms. The van der Waals surface area contributed by atoms with Crippen LogP contribution in [0, 0.1) is 0 Å². The highest BCUT2D eigenvalue weighted by molar-refractivity contribution is 7.47. The molecule has 5 N–H and O–H groups in total. The molecule has 59 heavy (non-hydrogen) atoms. The molecule has 0 saturated heterocycles. The molecule has 13 heteroatoms. The Labute approximate surface area is 355 Å². The number of ether oxygens (including phenoxy) is 2. The van der Waals surface area contributed by atoms with Gasteiger partial charge in [-0.2, -0.15) is 0 Å². The summed E-state index contributed by atoms with van der Waals surface area (Å²) in [5.41, 5.74) is 5.32. The number of carbonyl (C=O) groups is 3. The van der Waals surface area contributed by atoms with E-state index in [1.165, 1.54) is 57.8 Å². The molecule has 12 nitrogen and oxygen atoms in total. The Morgan fingerprint density at radius 2 is 1.10 bits per heavy atom. The SMILES string of the molecule is CCCCC/C=C\C/C=C\CC(O)/C=C\C=C\CCCC(=O)O[C@H](COC(=O)CCC/C=C\C/C=C\C/C=C\CCCCCCCC)COP(=O)(O)OC[C@H](N)C(=O)O. The first-order valence-corrected chi connectivity index (χ1v) is 23.2. The maximum Gasteiger partial charge on any atom is 0.472 e. The lowest BCUT2D eigenvalue weighted by atomic mass is 10.1. The first kappa shape index (κ1) is 55.6. The van der Waals surface area contributed by atoms with Crippen LogP contribution in [0.5, 0.6) is 0 Å². The minimum atomic E-state index is -4.77. The summed E-state index contributed by atoms with van der Waals surface area (Å²) in [5.74, 6) is -2.61. The van der Waals surface area contributed by atoms with E-state index in [-0.39, 0.29) is 12.8 Å². The maximum atomic E-state index is 12.6. The highest BCUT2D eigenvalue weighted by atomic mass is 31.2. The molecule has 336 valence electrons. The molecule has 0 bridgehead atoms. The molecule has 0 amide bonds. The van der Waals surface area contributed by atoms with E-state index in [9.17, 15) is 28.9 Å². The van der Waals surface area contributed by atoms with Crippen molar-refractivity contribution in [3.05, 3.63) is 85.1 Å². The average molecular weight is 850 g/mol. The fourth-order valence-corrected chi connectivity index (χ4v) is 5.99. The number of carbonyl (C=O) groups excluding carboxylic acids is 2. The van der Waals surface area contributed by atoms with Crippen molar-refractivity contribution in [2.24, 2.45) is 5.73 Å². The minimum absolute atomic E-state index is 0.0111. The van der Waals surface area contributed by atoms with Gasteiger partial charge in [0.2, 0.25) is 0 Å². The van der Waals surface area contributed by atoms with Crippen molar-refractivity contribution in [3.8, 4) is 0 Å². The van der Waals surface area contributed by atoms with Gasteiger partial charge in [0, 0.05) is 12.8 Å². The van der Waals surface area contributed by atoms with Crippen LogP contribution in [0.1, 0.15) is 149 Å². The van der Waals surface area contributed by atoms with Crippen LogP contribution in [-0.2, 0) is 37.5 Å². The van der Waals surface area contributed by atoms with Crippen LogP contribution in [0.25, 0.3) is 0 Å². The molecule has 0 aliphatic heterocycles. The number of hydrogen-bond donors (Lipinski definition) is 4. The Hall–Kier alpha value is -3.38. The van der Waals surface area contributed by atoms with Crippen LogP contribution in [0.3, 0.4) is 0 Å². The van der Waals surface area contributed by atoms with Gasteiger partial charge in [0.25, 0.3) is 0 Å². The van der Waals surface area contributed by atoms with E-state index in [0.29, 0.717) is 32.1 Å². The summed E-state index contributed by atoms with van der Waals surface area (Å²) >= 11 is 0. The lowest BCUT2D eigenvalue weighted by molar-refractivity contribution is -0.161. The van der Waals surface area contributed by atoms with E-state index in [1.54, 1.807) is 18.2 Å². The summed E-state index contributed by atoms with van der Waals surface area (Å²) in [7, 11) is -4.77. The van der Waals surface area contributed by atoms with Gasteiger partial charge in [0.05, 0.1) is 19.3 Å². The average Bonchev–Trinajstić information content (AvgIpc) is 3.21. The number of hydrogen-bond acceptors (Lipinski definition) is 10. The highest BCUT2D eigenvalue weighted by Gasteiger charge is 2.28. The van der Waals surface area contributed by atoms with Crippen molar-refractivity contribution in [2.75, 3.05) is 19.8 Å². The topological polar surface area (TPSA) is 192 Å². The Morgan fingerprint density at radius 1 is 0.610 bits per heavy atom. The molecule has 4 atom stereocenters. The summed E-state index contributed by atoms with van der Waals surface area (Å²) < 4.78 is 32.5. The van der Waals surface area contributed by atoms with Crippen molar-refractivity contribution < 1.29 is 52.6 Å². The van der Waals surface area contributed by atoms with Crippen molar-refractivity contribution >= 4 is 25.7 Å². The van der Waals surface area contributed by atoms with E-state index in [4.69, 9.17) is 24.8 Å². The first-order valence-electron chi connectivity index (χ1n) is 21.7. The second-order valence-corrected chi connectivity index (χ2v) is 15.8. The third-order valence-corrected chi connectivity index (χ3v) is 9.65. The van der Waals surface area contributed by atoms with Gasteiger partial charge in [-0.25, -0.2) is 4.57 Å². The lowest BCUT2D eigenvalue weighted by Gasteiger charge is -2.20. The molecule has 0 aromatic carbocycles. The normalized spacial score (nSPS) is 15.1. The van der Waals surface area contributed by atoms with Gasteiger partial charge in [0.1, 0.15) is 12.6 Å². The Kier molecular flexibility index (Phi) is 37.8. The van der Waals surface area contributed by atoms with E-state index in [0.717, 1.165) is 32.1 Å². The van der Waals surface area contributed by atoms with Crippen LogP contribution in [-0.4, -0.2) is 71.1 Å². The zero-order valence-corrected chi connectivity index (χ0v) is 36.8. The van der Waals surface area contributed by atoms with Gasteiger partial charge in [-0.1, -0.05) is 144 Å². The monoisotopic (exact) mass is 850 g/mol. The molecule has 0 radical (unpaired) electrons. The number of aliphatic carboxylic acids is 1. The maximum absolute atomic E-state index is 12.6. The number of unbranched alkanes of at least 4 members (excludes halogenated alkanes) is 11. The number of rotatable bonds is 39. The predicted molar refractivity (Wildman–Crippen MR) is 236 cm³/mol. The molecule has 0 fully saturated rings. The third kappa shape index (κ3) is 39.8. The Bertz CT molecular complexity index is 1340. The Morgan fingerprint density at radius 3 is 1.73 bits per heavy atom. The Balaban J connectivity index is 4.65. The molecule has 0 aliphatic carbocycles. The fraction of sp³-hybridized carbons (Fsp3) is 0.630. The van der Waals surface area contributed by atoms with E-state index in [2.05, 4.69) is 54.8 Å². The van der Waals surface area contributed by atoms with E-state index in [1.807, 2.05) is 30.4 Å². The van der Waals surface area contributed by atoms with Crippen LogP contribution in [0.15, 0.2) is 85.1 Å². The van der Waals surface area contributed by atoms with Crippen molar-refractivity contribution in [3.63, 3.8) is 0 Å². The number of aliphatic hydroxyl groups is 1. The zero-order chi connectivity index (χ0) is 43.7. The number of esters is 2. The van der Waals surface area contributed by atoms with E-state index >= 15 is 0 Å². The highest BCUT2D eigenvalue weighted by Crippen LogP contribution is 2.43. The van der Waals surface area contributed by atoms with Gasteiger partial charge >= 0.3 is 25.7 Å². The van der Waals surface area contributed by atoms with E-state index < -0.39 is 63.8 Å². The third-order valence-electron chi connectivity index (χ3n) is 8.70. The van der Waals surface area contributed by atoms with Crippen LogP contribution < -0.4 is 5.73 Å². The largest absolute Gasteiger partial charge is 0.480 e. The number of aliphatic hydroxyl groups excluding tert-OH is 1. The predicted octanol–water partition coefficient (Wildman–Crippen LogP) is 10.5. The van der Waals surface area contributed by atoms with Crippen molar-refractivity contribution in [2.45, 2.75) is 167 Å². The number of phosphoric ester groups is 1. The summed E-state index contributed by atoms with van der Waals surface area (Å²) in [6.07, 6.45) is 45.4. The van der Waals surface area contributed by atoms with Gasteiger partial charge in [-0.05, 0) is 77.0 Å². The smallest absolute Gasteiger partial charge is 0.472 e. The molecule has 2 unspecified atom stereocenters. The quantitative estimate of drug-likeness (QED) is 0.0151. The number of carboxylic acids is 1. The van der Waals surface area contributed by atoms with Crippen LogP contribution in [0.2, 0.25) is 0 Å². The zero-order valence-electron chi connectivity index (χ0n) is 35.9. The van der Waals surface area contributed by atoms with Gasteiger partial charge in [-0.15, -0.1) is 0 Å². The summed E-state index contributed by atoms with van der Waals surface area (Å²) in [6.45, 7) is 2.55. The summed E-state index contributed by atoms with van der Waals surface area (Å²) in [4.78, 5) is 45.9. The molecular formula is C46H76NO11P. The summed E-state index contributed by atoms with van der Waals surface area (Å²) in [5, 5.41) is 19.0. The number of nitrogens with two attached hydrogens (primary N) is 1. The fourth-order valence-electron chi connectivity index (χ4n) is 5.21. The second-order valence-electron chi connectivity index (χ2n) is 14.3. The molecular weight excluding hydrogens is 773 g/mol. The molecule has 0 aliphatic rings. The first-order chi connectivity index (χ1) is 28.5. The standard InChI is InChI=1S/C46H76NO11P/c1-3-5-7-9-11-13-14-15-16-17-18-19-20-22-24-28-32-36-44(49)55-38-42(39-56-59(53,54)57-40-43(47)46(51)52)58-45(50)37-33-29-25-27-31-35-41(48)34-30-26-23-21-12-10-8-6-4-2/h12,15-16,18-19,21-22,24-27,30-31,35,41-43,48H,3-11,13-14,17,20,23,28-29,32-34,36-40,47H2,1-2H3,(H,51,52)(H,53,54)/b16-15-,19-18-,21-12-,24-22-,27-25+,30-26-,35-31-/t41?,42-,43+/m1/s1. The number of phosphoric acid groups is 1. The molecule has 0 aromatic heterocycles. The van der Waals surface area contributed by atoms with Crippen LogP contribution >= 0.6 is 7.82 Å². The second kappa shape index (κ2) is 40.0. The lowest BCUT2D eigenvalue weighted by Crippen LogP contribution is -2.34. The minimum Gasteiger partial charge on any atom is -0.480 e. The molecule has 0 aromatic rings. The van der Waals surface area contributed by atoms with Gasteiger partial charge in [0.15, 0.2) is 6.10 Å². The number of allylic oxidation sites excluding steroid dienone is 12. The van der Waals surface area contributed by atoms with Gasteiger partial charge < -0.3 is 30.3 Å².